The molecule has 0 spiro atoms. The molecule has 0 aliphatic rings. The number of halogens is 2. The maximum atomic E-state index is 13.1. The largest absolute Gasteiger partial charge is 0.329 e. The lowest BCUT2D eigenvalue weighted by Crippen LogP contribution is -2.22. The van der Waals surface area contributed by atoms with Crippen LogP contribution in [0.2, 0.25) is 5.02 Å². The zero-order chi connectivity index (χ0) is 9.14. The van der Waals surface area contributed by atoms with Gasteiger partial charge in [0.25, 0.3) is 0 Å². The average molecular weight is 189 g/mol. The van der Waals surface area contributed by atoms with Gasteiger partial charge in [-0.3, -0.25) is 0 Å². The summed E-state index contributed by atoms with van der Waals surface area (Å²) >= 11 is 5.73. The minimum atomic E-state index is -0.529. The molecule has 0 fully saturated rings. The van der Waals surface area contributed by atoms with Crippen LogP contribution in [0.5, 0.6) is 0 Å². The van der Waals surface area contributed by atoms with Gasteiger partial charge in [-0.25, -0.2) is 4.39 Å². The van der Waals surface area contributed by atoms with Crippen molar-refractivity contribution < 1.29 is 4.39 Å². The first kappa shape index (κ1) is 9.45. The van der Waals surface area contributed by atoms with E-state index >= 15 is 0 Å². The molecule has 0 saturated carbocycles. The zero-order valence-electron chi connectivity index (χ0n) is 6.43. The maximum absolute atomic E-state index is 13.1. The highest BCUT2D eigenvalue weighted by Crippen LogP contribution is 2.23. The van der Waals surface area contributed by atoms with Gasteiger partial charge in [-0.05, 0) is 12.1 Å². The molecule has 0 heterocycles. The molecule has 0 bridgehead atoms. The van der Waals surface area contributed by atoms with Crippen molar-refractivity contribution >= 4 is 11.6 Å². The first-order valence-corrected chi connectivity index (χ1v) is 3.94. The molecule has 0 amide bonds. The summed E-state index contributed by atoms with van der Waals surface area (Å²) in [6.45, 7) is 0.181. The van der Waals surface area contributed by atoms with Gasteiger partial charge in [0.05, 0.1) is 0 Å². The van der Waals surface area contributed by atoms with Gasteiger partial charge in [0.1, 0.15) is 5.82 Å². The summed E-state index contributed by atoms with van der Waals surface area (Å²) in [5.74, 6) is -0.402. The van der Waals surface area contributed by atoms with E-state index in [0.29, 0.717) is 10.6 Å². The zero-order valence-corrected chi connectivity index (χ0v) is 7.18. The molecular weight excluding hydrogens is 179 g/mol. The summed E-state index contributed by atoms with van der Waals surface area (Å²) < 4.78 is 13.1. The number of hydrogen-bond donors (Lipinski definition) is 2. The molecule has 1 rings (SSSR count). The molecule has 12 heavy (non-hydrogen) atoms. The highest BCUT2D eigenvalue weighted by molar-refractivity contribution is 6.31. The molecule has 0 aliphatic heterocycles. The molecule has 0 saturated heterocycles. The fraction of sp³-hybridized carbons (Fsp3) is 0.250. The van der Waals surface area contributed by atoms with Crippen LogP contribution in [0.4, 0.5) is 4.39 Å². The summed E-state index contributed by atoms with van der Waals surface area (Å²) in [6.07, 6.45) is 0. The van der Waals surface area contributed by atoms with Gasteiger partial charge < -0.3 is 11.5 Å². The van der Waals surface area contributed by atoms with Crippen LogP contribution < -0.4 is 11.5 Å². The Kier molecular flexibility index (Phi) is 3.03. The third-order valence-corrected chi connectivity index (χ3v) is 1.95. The smallest absolute Gasteiger partial charge is 0.129 e. The predicted octanol–water partition coefficient (Wildman–Crippen LogP) is 1.44. The maximum Gasteiger partial charge on any atom is 0.129 e. The summed E-state index contributed by atoms with van der Waals surface area (Å²) in [6, 6.07) is 3.91. The van der Waals surface area contributed by atoms with Crippen LogP contribution >= 0.6 is 11.6 Å². The second-order valence-electron chi connectivity index (χ2n) is 2.48. The molecule has 1 atom stereocenters. The number of nitrogens with two attached hydrogens (primary N) is 2. The van der Waals surface area contributed by atoms with E-state index in [0.717, 1.165) is 0 Å². The molecule has 0 radical (unpaired) electrons. The summed E-state index contributed by atoms with van der Waals surface area (Å²) in [5, 5.41) is 0.327. The normalized spacial score (nSPS) is 13.0. The Morgan fingerprint density at radius 1 is 1.50 bits per heavy atom. The standard InChI is InChI=1S/C8H10ClFN2/c9-5-2-1-3-6(10)8(5)7(12)4-11/h1-3,7H,4,11-12H2. The van der Waals surface area contributed by atoms with Gasteiger partial charge in [0, 0.05) is 23.2 Å². The van der Waals surface area contributed by atoms with Crippen molar-refractivity contribution in [2.75, 3.05) is 6.54 Å². The summed E-state index contributed by atoms with van der Waals surface area (Å²) in [7, 11) is 0. The molecule has 4 N–H and O–H groups in total. The number of benzene rings is 1. The van der Waals surface area contributed by atoms with Crippen LogP contribution in [0.15, 0.2) is 18.2 Å². The van der Waals surface area contributed by atoms with Crippen molar-refractivity contribution in [2.24, 2.45) is 11.5 Å². The molecule has 1 aromatic rings. The van der Waals surface area contributed by atoms with E-state index in [1.165, 1.54) is 12.1 Å². The molecule has 0 aromatic heterocycles. The van der Waals surface area contributed by atoms with Crippen LogP contribution in [0.1, 0.15) is 11.6 Å². The van der Waals surface area contributed by atoms with Crippen LogP contribution in [0.3, 0.4) is 0 Å². The lowest BCUT2D eigenvalue weighted by Gasteiger charge is -2.11. The Morgan fingerprint density at radius 3 is 2.67 bits per heavy atom. The fourth-order valence-electron chi connectivity index (χ4n) is 0.983. The Balaban J connectivity index is 3.12. The van der Waals surface area contributed by atoms with Crippen molar-refractivity contribution in [3.63, 3.8) is 0 Å². The van der Waals surface area contributed by atoms with Crippen molar-refractivity contribution in [3.05, 3.63) is 34.6 Å². The van der Waals surface area contributed by atoms with E-state index in [2.05, 4.69) is 0 Å². The molecule has 4 heteroatoms. The van der Waals surface area contributed by atoms with Crippen molar-refractivity contribution in [1.29, 1.82) is 0 Å². The molecule has 1 unspecified atom stereocenters. The lowest BCUT2D eigenvalue weighted by molar-refractivity contribution is 0.584. The average Bonchev–Trinajstić information content (AvgIpc) is 2.03. The molecule has 2 nitrogen and oxygen atoms in total. The Bertz CT molecular complexity index is 258. The van der Waals surface area contributed by atoms with E-state index in [1.54, 1.807) is 6.07 Å². The van der Waals surface area contributed by atoms with E-state index in [1.807, 2.05) is 0 Å². The van der Waals surface area contributed by atoms with E-state index in [4.69, 9.17) is 23.1 Å². The van der Waals surface area contributed by atoms with Crippen LogP contribution in [0.25, 0.3) is 0 Å². The summed E-state index contributed by atoms with van der Waals surface area (Å²) in [4.78, 5) is 0. The van der Waals surface area contributed by atoms with E-state index in [9.17, 15) is 4.39 Å². The third kappa shape index (κ3) is 1.75. The number of rotatable bonds is 2. The van der Waals surface area contributed by atoms with Crippen LogP contribution in [0, 0.1) is 5.82 Å². The lowest BCUT2D eigenvalue weighted by atomic mass is 10.1. The van der Waals surface area contributed by atoms with Crippen molar-refractivity contribution in [1.82, 2.24) is 0 Å². The van der Waals surface area contributed by atoms with Gasteiger partial charge in [-0.1, -0.05) is 17.7 Å². The van der Waals surface area contributed by atoms with Gasteiger partial charge in [0.2, 0.25) is 0 Å². The second kappa shape index (κ2) is 3.85. The van der Waals surface area contributed by atoms with Crippen LogP contribution in [-0.4, -0.2) is 6.54 Å². The van der Waals surface area contributed by atoms with Crippen LogP contribution in [-0.2, 0) is 0 Å². The highest BCUT2D eigenvalue weighted by atomic mass is 35.5. The third-order valence-electron chi connectivity index (χ3n) is 1.62. The molecule has 0 aliphatic carbocycles. The quantitative estimate of drug-likeness (QED) is 0.738. The van der Waals surface area contributed by atoms with E-state index < -0.39 is 11.9 Å². The first-order valence-electron chi connectivity index (χ1n) is 3.56. The Morgan fingerprint density at radius 2 is 2.17 bits per heavy atom. The second-order valence-corrected chi connectivity index (χ2v) is 2.88. The van der Waals surface area contributed by atoms with Gasteiger partial charge in [0.15, 0.2) is 0 Å². The highest BCUT2D eigenvalue weighted by Gasteiger charge is 2.12. The molecule has 1 aromatic carbocycles. The topological polar surface area (TPSA) is 52.0 Å². The minimum absolute atomic E-state index is 0.181. The Labute approximate surface area is 75.3 Å². The Hall–Kier alpha value is -0.640. The predicted molar refractivity (Wildman–Crippen MR) is 47.4 cm³/mol. The summed E-state index contributed by atoms with van der Waals surface area (Å²) in [5.41, 5.74) is 11.1. The van der Waals surface area contributed by atoms with E-state index in [-0.39, 0.29) is 6.54 Å². The monoisotopic (exact) mass is 188 g/mol. The fourth-order valence-corrected chi connectivity index (χ4v) is 1.29. The van der Waals surface area contributed by atoms with Crippen molar-refractivity contribution in [2.45, 2.75) is 6.04 Å². The minimum Gasteiger partial charge on any atom is -0.329 e. The number of hydrogen-bond acceptors (Lipinski definition) is 2. The SMILES string of the molecule is NCC(N)c1c(F)cccc1Cl. The molecular formula is C8H10ClFN2. The molecule has 66 valence electrons. The first-order chi connectivity index (χ1) is 5.66. The van der Waals surface area contributed by atoms with Gasteiger partial charge >= 0.3 is 0 Å². The van der Waals surface area contributed by atoms with Crippen molar-refractivity contribution in [3.8, 4) is 0 Å². The van der Waals surface area contributed by atoms with Gasteiger partial charge in [-0.15, -0.1) is 0 Å². The van der Waals surface area contributed by atoms with Gasteiger partial charge in [-0.2, -0.15) is 0 Å².